The number of aliphatic hydroxyl groups is 1. The molecule has 1 aromatic carbocycles. The highest BCUT2D eigenvalue weighted by molar-refractivity contribution is 7.86. The molecule has 0 saturated carbocycles. The van der Waals surface area contributed by atoms with Gasteiger partial charge in [0, 0.05) is 13.0 Å². The molecule has 1 aromatic rings. The fraction of sp³-hybridized carbons (Fsp3) is 0.538. The molecule has 1 aliphatic heterocycles. The van der Waals surface area contributed by atoms with Gasteiger partial charge < -0.3 is 9.84 Å². The van der Waals surface area contributed by atoms with Crippen molar-refractivity contribution in [3.8, 4) is 0 Å². The third-order valence-corrected chi connectivity index (χ3v) is 4.35. The van der Waals surface area contributed by atoms with Gasteiger partial charge in [-0.15, -0.1) is 0 Å². The number of benzene rings is 1. The molecule has 0 unspecified atom stereocenters. The van der Waals surface area contributed by atoms with E-state index in [1.165, 1.54) is 12.1 Å². The Kier molecular flexibility index (Phi) is 4.57. The Balaban J connectivity index is 1.96. The van der Waals surface area contributed by atoms with Gasteiger partial charge >= 0.3 is 0 Å². The molecule has 0 amide bonds. The second-order valence-electron chi connectivity index (χ2n) is 4.72. The highest BCUT2D eigenvalue weighted by Crippen LogP contribution is 2.17. The summed E-state index contributed by atoms with van der Waals surface area (Å²) in [5, 5.41) is 9.47. The third-order valence-electron chi connectivity index (χ3n) is 3.06. The average molecular weight is 286 g/mol. The maximum atomic E-state index is 11.9. The van der Waals surface area contributed by atoms with Crippen molar-refractivity contribution in [1.82, 2.24) is 0 Å². The summed E-state index contributed by atoms with van der Waals surface area (Å²) in [5.74, 6) is 0. The van der Waals surface area contributed by atoms with E-state index in [1.54, 1.807) is 12.1 Å². The molecule has 1 saturated heterocycles. The molecule has 1 aliphatic rings. The topological polar surface area (TPSA) is 72.8 Å². The molecule has 0 spiro atoms. The molecule has 6 heteroatoms. The fourth-order valence-electron chi connectivity index (χ4n) is 1.91. The first kappa shape index (κ1) is 14.5. The van der Waals surface area contributed by atoms with Gasteiger partial charge in [0.2, 0.25) is 0 Å². The van der Waals surface area contributed by atoms with Gasteiger partial charge in [0.15, 0.2) is 0 Å². The molecular weight excluding hydrogens is 268 g/mol. The van der Waals surface area contributed by atoms with E-state index < -0.39 is 16.2 Å². The van der Waals surface area contributed by atoms with Crippen LogP contribution in [0.4, 0.5) is 0 Å². The molecule has 0 bridgehead atoms. The second-order valence-corrected chi connectivity index (χ2v) is 6.34. The van der Waals surface area contributed by atoms with E-state index in [2.05, 4.69) is 0 Å². The number of aliphatic hydroxyl groups excluding tert-OH is 1. The van der Waals surface area contributed by atoms with Crippen LogP contribution in [0.2, 0.25) is 0 Å². The molecule has 0 aliphatic carbocycles. The maximum Gasteiger partial charge on any atom is 0.297 e. The van der Waals surface area contributed by atoms with Crippen LogP contribution < -0.4 is 0 Å². The summed E-state index contributed by atoms with van der Waals surface area (Å²) in [6.07, 6.45) is 0.179. The lowest BCUT2D eigenvalue weighted by Gasteiger charge is -2.25. The Bertz CT molecular complexity index is 508. The van der Waals surface area contributed by atoms with Crippen LogP contribution in [0.3, 0.4) is 0 Å². The normalized spacial score (nSPS) is 24.3. The molecule has 19 heavy (non-hydrogen) atoms. The standard InChI is InChI=1S/C13H18O5S/c1-10-2-4-13(5-3-10)19(15,16)18-9-12-8-11(14)6-7-17-12/h2-5,11-12,14H,6-9H2,1H3/t11-,12+/m1/s1. The van der Waals surface area contributed by atoms with Crippen molar-refractivity contribution in [1.29, 1.82) is 0 Å². The van der Waals surface area contributed by atoms with Gasteiger partial charge in [0.25, 0.3) is 10.1 Å². The van der Waals surface area contributed by atoms with E-state index in [0.29, 0.717) is 19.4 Å². The first-order valence-corrected chi connectivity index (χ1v) is 7.64. The Hall–Kier alpha value is -0.950. The zero-order chi connectivity index (χ0) is 13.9. The van der Waals surface area contributed by atoms with Gasteiger partial charge in [-0.1, -0.05) is 17.7 Å². The van der Waals surface area contributed by atoms with E-state index in [1.807, 2.05) is 6.92 Å². The van der Waals surface area contributed by atoms with Crippen molar-refractivity contribution in [3.63, 3.8) is 0 Å². The van der Waals surface area contributed by atoms with Crippen molar-refractivity contribution < 1.29 is 22.4 Å². The third kappa shape index (κ3) is 4.01. The first-order chi connectivity index (χ1) is 8.97. The number of rotatable bonds is 4. The van der Waals surface area contributed by atoms with Crippen LogP contribution in [0.1, 0.15) is 18.4 Å². The van der Waals surface area contributed by atoms with Gasteiger partial charge in [0.05, 0.1) is 23.7 Å². The highest BCUT2D eigenvalue weighted by Gasteiger charge is 2.24. The lowest BCUT2D eigenvalue weighted by atomic mass is 10.1. The molecule has 106 valence electrons. The molecule has 2 rings (SSSR count). The molecular formula is C13H18O5S. The van der Waals surface area contributed by atoms with Crippen molar-refractivity contribution in [3.05, 3.63) is 29.8 Å². The molecule has 1 heterocycles. The Morgan fingerprint density at radius 1 is 1.37 bits per heavy atom. The smallest absolute Gasteiger partial charge is 0.297 e. The molecule has 2 atom stereocenters. The van der Waals surface area contributed by atoms with E-state index in [0.717, 1.165) is 5.56 Å². The van der Waals surface area contributed by atoms with Gasteiger partial charge in [-0.05, 0) is 25.5 Å². The Labute approximate surface area is 113 Å². The largest absolute Gasteiger partial charge is 0.393 e. The summed E-state index contributed by atoms with van der Waals surface area (Å²) in [6.45, 7) is 2.25. The van der Waals surface area contributed by atoms with Crippen LogP contribution in [0, 0.1) is 6.92 Å². The summed E-state index contributed by atoms with van der Waals surface area (Å²) >= 11 is 0. The quantitative estimate of drug-likeness (QED) is 0.843. The predicted molar refractivity (Wildman–Crippen MR) is 69.3 cm³/mol. The summed E-state index contributed by atoms with van der Waals surface area (Å²) in [7, 11) is -3.76. The molecule has 5 nitrogen and oxygen atoms in total. The van der Waals surface area contributed by atoms with Crippen LogP contribution in [-0.4, -0.2) is 38.9 Å². The second kappa shape index (κ2) is 6.00. The monoisotopic (exact) mass is 286 g/mol. The van der Waals surface area contributed by atoms with Crippen LogP contribution in [-0.2, 0) is 19.0 Å². The maximum absolute atomic E-state index is 11.9. The zero-order valence-electron chi connectivity index (χ0n) is 10.8. The van der Waals surface area contributed by atoms with Gasteiger partial charge in [0.1, 0.15) is 0 Å². The van der Waals surface area contributed by atoms with Gasteiger partial charge in [-0.25, -0.2) is 0 Å². The SMILES string of the molecule is Cc1ccc(S(=O)(=O)OC[C@@H]2C[C@H](O)CCO2)cc1. The van der Waals surface area contributed by atoms with E-state index in [9.17, 15) is 13.5 Å². The van der Waals surface area contributed by atoms with Gasteiger partial charge in [-0.2, -0.15) is 8.42 Å². The Morgan fingerprint density at radius 3 is 2.68 bits per heavy atom. The van der Waals surface area contributed by atoms with Crippen molar-refractivity contribution >= 4 is 10.1 Å². The van der Waals surface area contributed by atoms with Crippen LogP contribution in [0.15, 0.2) is 29.2 Å². The van der Waals surface area contributed by atoms with E-state index in [-0.39, 0.29) is 17.6 Å². The van der Waals surface area contributed by atoms with Crippen molar-refractivity contribution in [2.45, 2.75) is 36.9 Å². The first-order valence-electron chi connectivity index (χ1n) is 6.23. The van der Waals surface area contributed by atoms with Crippen LogP contribution in [0.5, 0.6) is 0 Å². The summed E-state index contributed by atoms with van der Waals surface area (Å²) in [4.78, 5) is 0.134. The molecule has 0 aromatic heterocycles. The lowest BCUT2D eigenvalue weighted by molar-refractivity contribution is -0.0592. The lowest BCUT2D eigenvalue weighted by Crippen LogP contribution is -2.33. The molecule has 1 fully saturated rings. The average Bonchev–Trinajstić information content (AvgIpc) is 2.37. The summed E-state index contributed by atoms with van der Waals surface area (Å²) in [5.41, 5.74) is 0.984. The number of aryl methyl sites for hydroxylation is 1. The van der Waals surface area contributed by atoms with Crippen LogP contribution >= 0.6 is 0 Å². The number of ether oxygens (including phenoxy) is 1. The zero-order valence-corrected chi connectivity index (χ0v) is 11.6. The van der Waals surface area contributed by atoms with E-state index in [4.69, 9.17) is 8.92 Å². The Morgan fingerprint density at radius 2 is 2.05 bits per heavy atom. The summed E-state index contributed by atoms with van der Waals surface area (Å²) in [6, 6.07) is 6.47. The van der Waals surface area contributed by atoms with Crippen molar-refractivity contribution in [2.75, 3.05) is 13.2 Å². The minimum absolute atomic E-state index is 0.0622. The van der Waals surface area contributed by atoms with Crippen molar-refractivity contribution in [2.24, 2.45) is 0 Å². The highest BCUT2D eigenvalue weighted by atomic mass is 32.2. The molecule has 0 radical (unpaired) electrons. The minimum Gasteiger partial charge on any atom is -0.393 e. The van der Waals surface area contributed by atoms with Gasteiger partial charge in [-0.3, -0.25) is 4.18 Å². The fourth-order valence-corrected chi connectivity index (χ4v) is 2.85. The molecule has 1 N–H and O–H groups in total. The van der Waals surface area contributed by atoms with E-state index >= 15 is 0 Å². The number of hydrogen-bond donors (Lipinski definition) is 1. The predicted octanol–water partition coefficient (Wildman–Crippen LogP) is 1.24. The summed E-state index contributed by atoms with van der Waals surface area (Å²) < 4.78 is 34.2. The minimum atomic E-state index is -3.76. The van der Waals surface area contributed by atoms with Crippen LogP contribution in [0.25, 0.3) is 0 Å². The number of hydrogen-bond acceptors (Lipinski definition) is 5.